The van der Waals surface area contributed by atoms with Crippen LogP contribution in [0.2, 0.25) is 0 Å². The van der Waals surface area contributed by atoms with E-state index in [1.54, 1.807) is 0 Å². The topological polar surface area (TPSA) is 250 Å². The molecule has 1 aliphatic heterocycles. The molecular weight excluding hydrogens is 532 g/mol. The van der Waals surface area contributed by atoms with E-state index in [1.165, 1.54) is 0 Å². The minimum absolute atomic E-state index is 0.117. The minimum atomic E-state index is -5.89. The predicted molar refractivity (Wildman–Crippen MR) is 97.0 cm³/mol. The van der Waals surface area contributed by atoms with Crippen LogP contribution >= 0.6 is 23.5 Å². The van der Waals surface area contributed by atoms with Gasteiger partial charge in [0.2, 0.25) is 5.67 Å². The Hall–Kier alpha value is -1.20. The monoisotopic (exact) mass is 549 g/mol. The summed E-state index contributed by atoms with van der Waals surface area (Å²) in [5.74, 6) is -2.21. The van der Waals surface area contributed by atoms with Gasteiger partial charge in [-0.1, -0.05) is 0 Å². The van der Waals surface area contributed by atoms with Crippen molar-refractivity contribution in [2.45, 2.75) is 37.1 Å². The van der Waals surface area contributed by atoms with E-state index in [0.29, 0.717) is 6.20 Å². The molecule has 0 saturated carbocycles. The van der Waals surface area contributed by atoms with E-state index in [1.807, 2.05) is 0 Å². The van der Waals surface area contributed by atoms with Crippen LogP contribution in [0.25, 0.3) is 0 Å². The van der Waals surface area contributed by atoms with E-state index in [0.717, 1.165) is 6.92 Å². The Morgan fingerprint density at radius 2 is 1.85 bits per heavy atom. The lowest BCUT2D eigenvalue weighted by Gasteiger charge is -2.27. The Morgan fingerprint density at radius 3 is 2.36 bits per heavy atom. The third-order valence-corrected chi connectivity index (χ3v) is 8.00. The summed E-state index contributed by atoms with van der Waals surface area (Å²) in [5, 5.41) is 10.2. The van der Waals surface area contributed by atoms with Crippen molar-refractivity contribution in [3.8, 4) is 0 Å². The van der Waals surface area contributed by atoms with Crippen LogP contribution in [0.5, 0.6) is 0 Å². The molecule has 1 aliphatic rings. The van der Waals surface area contributed by atoms with Crippen LogP contribution in [0.1, 0.15) is 13.2 Å². The number of phosphoric acid groups is 3. The van der Waals surface area contributed by atoms with E-state index in [9.17, 15) is 37.3 Å². The fourth-order valence-electron chi connectivity index (χ4n) is 2.76. The lowest BCUT2D eigenvalue weighted by molar-refractivity contribution is -0.0858. The lowest BCUT2D eigenvalue weighted by Crippen LogP contribution is -2.48. The number of aromatic nitrogens is 2. The zero-order chi connectivity index (χ0) is 25.6. The fraction of sp³-hybridized carbons (Fsp3) is 0.636. The Balaban J connectivity index is 2.29. The molecule has 1 saturated heterocycles. The number of aliphatic hydroxyl groups excluding tert-OH is 1. The van der Waals surface area contributed by atoms with Crippen LogP contribution in [-0.4, -0.2) is 64.9 Å². The molecule has 0 amide bonds. The quantitative estimate of drug-likeness (QED) is 0.215. The standard InChI is InChI=1S/C11H17F3N3O13P3/c1-4(28-32(23,24)30-33(25,26)29-31(20,21)22)6-7(18)11(14,3-12)9(27-6)17-2-5(13)8(15)16-10(17)19/h2,4,6-7,9,18H,3H2,1H3,(H,23,24)(H,25,26)(H2,15,16,19)(H2,20,21,22)/t4-,6-,7+,9-,11?/m1/s1. The second-order valence-electron chi connectivity index (χ2n) is 6.52. The fourth-order valence-corrected chi connectivity index (χ4v) is 5.96. The largest absolute Gasteiger partial charge is 0.490 e. The van der Waals surface area contributed by atoms with Crippen molar-refractivity contribution in [3.63, 3.8) is 0 Å². The molecule has 7 N–H and O–H groups in total. The molecule has 22 heteroatoms. The lowest BCUT2D eigenvalue weighted by atomic mass is 9.95. The van der Waals surface area contributed by atoms with Gasteiger partial charge in [-0.2, -0.15) is 13.6 Å². The molecule has 2 rings (SSSR count). The Kier molecular flexibility index (Phi) is 8.03. The van der Waals surface area contributed by atoms with Crippen LogP contribution in [0.15, 0.2) is 11.0 Å². The first-order valence-corrected chi connectivity index (χ1v) is 12.8. The zero-order valence-electron chi connectivity index (χ0n) is 16.0. The molecule has 0 aromatic carbocycles. The van der Waals surface area contributed by atoms with E-state index in [4.69, 9.17) is 25.2 Å². The summed E-state index contributed by atoms with van der Waals surface area (Å²) in [7, 11) is -17.3. The average molecular weight is 549 g/mol. The number of halogens is 3. The number of rotatable bonds is 9. The van der Waals surface area contributed by atoms with E-state index in [-0.39, 0.29) is 4.57 Å². The minimum Gasteiger partial charge on any atom is -0.387 e. The van der Waals surface area contributed by atoms with Crippen molar-refractivity contribution in [2.24, 2.45) is 0 Å². The maximum Gasteiger partial charge on any atom is 0.490 e. The summed E-state index contributed by atoms with van der Waals surface area (Å²) in [6.45, 7) is -1.21. The number of anilines is 1. The number of hydrogen-bond acceptors (Lipinski definition) is 11. The maximum absolute atomic E-state index is 15.2. The molecule has 1 aromatic heterocycles. The average Bonchev–Trinajstić information content (AvgIpc) is 2.87. The first-order chi connectivity index (χ1) is 14.8. The van der Waals surface area contributed by atoms with Gasteiger partial charge in [0.1, 0.15) is 18.9 Å². The molecule has 2 heterocycles. The van der Waals surface area contributed by atoms with Gasteiger partial charge in [0.05, 0.1) is 12.3 Å². The highest BCUT2D eigenvalue weighted by Crippen LogP contribution is 2.66. The first-order valence-electron chi connectivity index (χ1n) is 8.26. The van der Waals surface area contributed by atoms with Crippen LogP contribution in [0.3, 0.4) is 0 Å². The summed E-state index contributed by atoms with van der Waals surface area (Å²) < 4.78 is 92.9. The van der Waals surface area contributed by atoms with Gasteiger partial charge < -0.3 is 35.2 Å². The van der Waals surface area contributed by atoms with E-state index < -0.39 is 77.7 Å². The van der Waals surface area contributed by atoms with E-state index in [2.05, 4.69) is 18.1 Å². The van der Waals surface area contributed by atoms with Gasteiger partial charge >= 0.3 is 29.2 Å². The highest BCUT2D eigenvalue weighted by Gasteiger charge is 2.61. The van der Waals surface area contributed by atoms with Gasteiger partial charge in [-0.3, -0.25) is 9.09 Å². The highest BCUT2D eigenvalue weighted by atomic mass is 31.3. The summed E-state index contributed by atoms with van der Waals surface area (Å²) >= 11 is 0. The molecule has 0 radical (unpaired) electrons. The molecular formula is C11H17F3N3O13P3. The summed E-state index contributed by atoms with van der Waals surface area (Å²) in [5.41, 5.74) is 0.231. The summed E-state index contributed by atoms with van der Waals surface area (Å²) in [6, 6.07) is 0. The van der Waals surface area contributed by atoms with Crippen LogP contribution < -0.4 is 11.4 Å². The molecule has 1 fully saturated rings. The number of nitrogens with two attached hydrogens (primary N) is 1. The molecule has 1 aromatic rings. The van der Waals surface area contributed by atoms with Crippen molar-refractivity contribution < 1.29 is 69.4 Å². The van der Waals surface area contributed by atoms with Crippen LogP contribution in [-0.2, 0) is 31.6 Å². The van der Waals surface area contributed by atoms with Crippen molar-refractivity contribution in [2.75, 3.05) is 12.4 Å². The summed E-state index contributed by atoms with van der Waals surface area (Å²) in [6.07, 6.45) is -8.69. The maximum atomic E-state index is 15.2. The molecule has 33 heavy (non-hydrogen) atoms. The Morgan fingerprint density at radius 1 is 1.27 bits per heavy atom. The van der Waals surface area contributed by atoms with Gasteiger partial charge in [-0.05, 0) is 6.92 Å². The van der Waals surface area contributed by atoms with Gasteiger partial charge in [-0.15, -0.1) is 0 Å². The third-order valence-electron chi connectivity index (χ3n) is 4.07. The number of nitrogen functional groups attached to an aromatic ring is 1. The second kappa shape index (κ2) is 9.45. The van der Waals surface area contributed by atoms with Crippen molar-refractivity contribution in [1.29, 1.82) is 0 Å². The SMILES string of the molecule is C[C@@H](OP(=O)(O)OP(=O)(O)OP(=O)(O)O)[C@H]1O[C@@H](n2cc(F)c(N)nc2=O)C(F)(CF)[C@H]1O. The van der Waals surface area contributed by atoms with Gasteiger partial charge in [0, 0.05) is 0 Å². The summed E-state index contributed by atoms with van der Waals surface area (Å²) in [4.78, 5) is 50.6. The van der Waals surface area contributed by atoms with E-state index >= 15 is 4.39 Å². The number of ether oxygens (including phenoxy) is 1. The Bertz CT molecular complexity index is 1100. The molecule has 190 valence electrons. The third kappa shape index (κ3) is 6.48. The number of phosphoric ester groups is 1. The smallest absolute Gasteiger partial charge is 0.387 e. The predicted octanol–water partition coefficient (Wildman–Crippen LogP) is -0.368. The van der Waals surface area contributed by atoms with Gasteiger partial charge in [0.25, 0.3) is 0 Å². The zero-order valence-corrected chi connectivity index (χ0v) is 18.7. The number of nitrogens with zero attached hydrogens (tertiary/aromatic N) is 2. The van der Waals surface area contributed by atoms with Crippen LogP contribution in [0.4, 0.5) is 19.0 Å². The van der Waals surface area contributed by atoms with Crippen molar-refractivity contribution >= 4 is 29.3 Å². The van der Waals surface area contributed by atoms with Crippen molar-refractivity contribution in [1.82, 2.24) is 9.55 Å². The number of alkyl halides is 2. The molecule has 7 atom stereocenters. The highest BCUT2D eigenvalue weighted by molar-refractivity contribution is 7.66. The molecule has 0 aliphatic carbocycles. The Labute approximate surface area is 181 Å². The first kappa shape index (κ1) is 28.0. The molecule has 0 bridgehead atoms. The van der Waals surface area contributed by atoms with Gasteiger partial charge in [0.15, 0.2) is 17.9 Å². The number of aliphatic hydroxyl groups is 1. The second-order valence-corrected chi connectivity index (χ2v) is 10.9. The number of hydrogen-bond donors (Lipinski definition) is 6. The molecule has 3 unspecified atom stereocenters. The van der Waals surface area contributed by atoms with Crippen LogP contribution in [0, 0.1) is 5.82 Å². The normalized spacial score (nSPS) is 30.5. The van der Waals surface area contributed by atoms with Crippen molar-refractivity contribution in [3.05, 3.63) is 22.5 Å². The molecule has 16 nitrogen and oxygen atoms in total. The van der Waals surface area contributed by atoms with Gasteiger partial charge in [-0.25, -0.2) is 31.7 Å². The molecule has 0 spiro atoms.